The van der Waals surface area contributed by atoms with Gasteiger partial charge in [0.15, 0.2) is 6.10 Å². The Kier molecular flexibility index (Phi) is 10.7. The summed E-state index contributed by atoms with van der Waals surface area (Å²) in [5, 5.41) is 11.7. The lowest BCUT2D eigenvalue weighted by Crippen LogP contribution is -2.29. The minimum Gasteiger partial charge on any atom is -0.491 e. The number of aliphatic hydroxyl groups is 1. The Morgan fingerprint density at radius 1 is 1.10 bits per heavy atom. The van der Waals surface area contributed by atoms with Gasteiger partial charge in [-0.15, -0.1) is 0 Å². The normalized spacial score (nSPS) is 12.5. The molecule has 2 N–H and O–H groups in total. The van der Waals surface area contributed by atoms with E-state index in [1.165, 1.54) is 7.11 Å². The molecule has 2 aromatic rings. The molecule has 0 bridgehead atoms. The van der Waals surface area contributed by atoms with Gasteiger partial charge in [-0.2, -0.15) is 12.6 Å². The smallest absolute Gasteiger partial charge is 0.412 e. The lowest BCUT2D eigenvalue weighted by molar-refractivity contribution is -0.141. The Morgan fingerprint density at radius 2 is 1.87 bits per heavy atom. The van der Waals surface area contributed by atoms with Gasteiger partial charge in [0.05, 0.1) is 19.0 Å². The third-order valence-corrected chi connectivity index (χ3v) is 4.49. The van der Waals surface area contributed by atoms with E-state index in [0.29, 0.717) is 23.4 Å². The SMILES string of the molecule is CO[C@H](CCOC(=O)CS)[C@H](OC(=O)Nc1ccccc1)c1cccc(OCCO)c1. The van der Waals surface area contributed by atoms with Crippen LogP contribution in [0.4, 0.5) is 10.5 Å². The minimum absolute atomic E-state index is 0.0265. The number of hydrogen-bond acceptors (Lipinski definition) is 8. The third kappa shape index (κ3) is 8.49. The van der Waals surface area contributed by atoms with Crippen LogP contribution in [0.1, 0.15) is 18.1 Å². The quantitative estimate of drug-likeness (QED) is 0.338. The second-order valence-corrected chi connectivity index (χ2v) is 6.72. The van der Waals surface area contributed by atoms with Crippen molar-refractivity contribution in [1.82, 2.24) is 0 Å². The number of para-hydroxylation sites is 1. The molecule has 0 radical (unpaired) electrons. The van der Waals surface area contributed by atoms with Crippen LogP contribution in [0, 0.1) is 0 Å². The van der Waals surface area contributed by atoms with E-state index in [9.17, 15) is 9.59 Å². The number of rotatable bonds is 12. The molecule has 0 heterocycles. The Bertz CT molecular complexity index is 819. The highest BCUT2D eigenvalue weighted by Gasteiger charge is 2.28. The first kappa shape index (κ1) is 24.5. The first-order valence-electron chi connectivity index (χ1n) is 9.73. The molecule has 168 valence electrons. The number of esters is 1. The number of amides is 1. The molecule has 31 heavy (non-hydrogen) atoms. The number of ether oxygens (including phenoxy) is 4. The Balaban J connectivity index is 2.18. The molecule has 0 saturated heterocycles. The maximum atomic E-state index is 12.6. The van der Waals surface area contributed by atoms with Crippen molar-refractivity contribution in [2.45, 2.75) is 18.6 Å². The van der Waals surface area contributed by atoms with Crippen molar-refractivity contribution in [3.8, 4) is 5.75 Å². The van der Waals surface area contributed by atoms with Gasteiger partial charge in [-0.1, -0.05) is 30.3 Å². The van der Waals surface area contributed by atoms with Crippen LogP contribution in [-0.4, -0.2) is 56.0 Å². The topological polar surface area (TPSA) is 103 Å². The van der Waals surface area contributed by atoms with E-state index in [1.54, 1.807) is 48.5 Å². The van der Waals surface area contributed by atoms with Crippen molar-refractivity contribution in [3.05, 3.63) is 60.2 Å². The summed E-state index contributed by atoms with van der Waals surface area (Å²) < 4.78 is 21.8. The van der Waals surface area contributed by atoms with Gasteiger partial charge < -0.3 is 24.1 Å². The summed E-state index contributed by atoms with van der Waals surface area (Å²) in [6.45, 7) is 0.0937. The molecule has 0 aliphatic rings. The van der Waals surface area contributed by atoms with Crippen molar-refractivity contribution >= 4 is 30.4 Å². The molecule has 1 amide bonds. The van der Waals surface area contributed by atoms with Crippen molar-refractivity contribution in [1.29, 1.82) is 0 Å². The summed E-state index contributed by atoms with van der Waals surface area (Å²) in [6, 6.07) is 15.9. The van der Waals surface area contributed by atoms with Gasteiger partial charge in [-0.25, -0.2) is 4.79 Å². The number of aliphatic hydroxyl groups excluding tert-OH is 1. The highest BCUT2D eigenvalue weighted by molar-refractivity contribution is 7.81. The molecule has 2 rings (SSSR count). The fourth-order valence-corrected chi connectivity index (χ4v) is 2.91. The number of benzene rings is 2. The molecule has 0 aliphatic carbocycles. The van der Waals surface area contributed by atoms with Gasteiger partial charge in [0.1, 0.15) is 18.5 Å². The van der Waals surface area contributed by atoms with Crippen LogP contribution >= 0.6 is 12.6 Å². The summed E-state index contributed by atoms with van der Waals surface area (Å²) in [4.78, 5) is 23.9. The van der Waals surface area contributed by atoms with Gasteiger partial charge in [0.25, 0.3) is 0 Å². The first-order valence-corrected chi connectivity index (χ1v) is 10.4. The fourth-order valence-electron chi connectivity index (χ4n) is 2.81. The number of anilines is 1. The van der Waals surface area contributed by atoms with Crippen LogP contribution in [0.5, 0.6) is 5.75 Å². The molecule has 0 spiro atoms. The molecule has 9 heteroatoms. The maximum Gasteiger partial charge on any atom is 0.412 e. The molecule has 0 aliphatic heterocycles. The Hall–Kier alpha value is -2.75. The zero-order chi connectivity index (χ0) is 22.5. The molecule has 0 unspecified atom stereocenters. The lowest BCUT2D eigenvalue weighted by atomic mass is 10.0. The third-order valence-electron chi connectivity index (χ3n) is 4.24. The predicted molar refractivity (Wildman–Crippen MR) is 119 cm³/mol. The molecule has 2 aromatic carbocycles. The standard InChI is InChI=1S/C22H27NO7S/c1-27-19(10-12-29-20(25)15-31)21(16-6-5-9-18(14-16)28-13-11-24)30-22(26)23-17-7-3-2-4-8-17/h2-9,14,19,21,24,31H,10-13,15H2,1H3,(H,23,26)/t19-,21-/m1/s1. The zero-order valence-electron chi connectivity index (χ0n) is 17.2. The van der Waals surface area contributed by atoms with Gasteiger partial charge in [-0.05, 0) is 29.8 Å². The van der Waals surface area contributed by atoms with E-state index in [4.69, 9.17) is 24.1 Å². The fraction of sp³-hybridized carbons (Fsp3) is 0.364. The van der Waals surface area contributed by atoms with Gasteiger partial charge in [0, 0.05) is 19.2 Å². The van der Waals surface area contributed by atoms with Crippen LogP contribution in [0.25, 0.3) is 0 Å². The van der Waals surface area contributed by atoms with E-state index >= 15 is 0 Å². The highest BCUT2D eigenvalue weighted by atomic mass is 32.1. The Labute approximate surface area is 186 Å². The Morgan fingerprint density at radius 3 is 2.55 bits per heavy atom. The van der Waals surface area contributed by atoms with Crippen molar-refractivity contribution < 1.29 is 33.6 Å². The van der Waals surface area contributed by atoms with Gasteiger partial charge in [-0.3, -0.25) is 10.1 Å². The molecular formula is C22H27NO7S. The highest BCUT2D eigenvalue weighted by Crippen LogP contribution is 2.29. The van der Waals surface area contributed by atoms with E-state index in [0.717, 1.165) is 0 Å². The van der Waals surface area contributed by atoms with Crippen molar-refractivity contribution in [2.24, 2.45) is 0 Å². The minimum atomic E-state index is -0.805. The van der Waals surface area contributed by atoms with Crippen LogP contribution in [0.2, 0.25) is 0 Å². The zero-order valence-corrected chi connectivity index (χ0v) is 18.1. The molecule has 0 fully saturated rings. The van der Waals surface area contributed by atoms with Crippen LogP contribution in [0.15, 0.2) is 54.6 Å². The summed E-state index contributed by atoms with van der Waals surface area (Å²) in [6.07, 6.45) is -1.77. The number of nitrogens with one attached hydrogen (secondary N) is 1. The lowest BCUT2D eigenvalue weighted by Gasteiger charge is -2.27. The first-order chi connectivity index (χ1) is 15.1. The summed E-state index contributed by atoms with van der Waals surface area (Å²) in [5.41, 5.74) is 1.22. The maximum absolute atomic E-state index is 12.6. The predicted octanol–water partition coefficient (Wildman–Crippen LogP) is 3.23. The molecular weight excluding hydrogens is 422 g/mol. The average molecular weight is 450 g/mol. The van der Waals surface area contributed by atoms with E-state index < -0.39 is 24.3 Å². The number of thiol groups is 1. The number of carbonyl (C=O) groups excluding carboxylic acids is 2. The number of methoxy groups -OCH3 is 1. The van der Waals surface area contributed by atoms with Crippen LogP contribution in [-0.2, 0) is 19.0 Å². The molecule has 2 atom stereocenters. The van der Waals surface area contributed by atoms with Crippen molar-refractivity contribution in [2.75, 3.05) is 38.0 Å². The summed E-state index contributed by atoms with van der Waals surface area (Å²) in [7, 11) is 1.49. The molecule has 0 aromatic heterocycles. The van der Waals surface area contributed by atoms with E-state index in [-0.39, 0.29) is 25.6 Å². The van der Waals surface area contributed by atoms with Crippen molar-refractivity contribution in [3.63, 3.8) is 0 Å². The van der Waals surface area contributed by atoms with Crippen LogP contribution in [0.3, 0.4) is 0 Å². The number of carbonyl (C=O) groups is 2. The molecule has 0 saturated carbocycles. The summed E-state index contributed by atoms with van der Waals surface area (Å²) in [5.74, 6) is 0.0400. The monoisotopic (exact) mass is 449 g/mol. The van der Waals surface area contributed by atoms with Gasteiger partial charge in [0.2, 0.25) is 0 Å². The number of hydrogen-bond donors (Lipinski definition) is 3. The van der Waals surface area contributed by atoms with Crippen LogP contribution < -0.4 is 10.1 Å². The summed E-state index contributed by atoms with van der Waals surface area (Å²) >= 11 is 3.88. The second kappa shape index (κ2) is 13.5. The molecule has 8 nitrogen and oxygen atoms in total. The second-order valence-electron chi connectivity index (χ2n) is 6.40. The van der Waals surface area contributed by atoms with Gasteiger partial charge >= 0.3 is 12.1 Å². The average Bonchev–Trinajstić information content (AvgIpc) is 2.80. The van der Waals surface area contributed by atoms with E-state index in [1.807, 2.05) is 6.07 Å². The van der Waals surface area contributed by atoms with E-state index in [2.05, 4.69) is 17.9 Å². The largest absolute Gasteiger partial charge is 0.491 e.